The molecule has 4 aromatic rings. The lowest BCUT2D eigenvalue weighted by Gasteiger charge is -2.27. The van der Waals surface area contributed by atoms with Crippen molar-refractivity contribution in [2.75, 3.05) is 6.61 Å². The van der Waals surface area contributed by atoms with Gasteiger partial charge in [-0.15, -0.1) is 0 Å². The second-order valence-corrected chi connectivity index (χ2v) is 8.93. The monoisotopic (exact) mass is 536 g/mol. The van der Waals surface area contributed by atoms with Crippen LogP contribution in [0, 0.1) is 17.1 Å². The second kappa shape index (κ2) is 11.6. The molecule has 0 aromatic heterocycles. The molecule has 7 nitrogen and oxygen atoms in total. The van der Waals surface area contributed by atoms with Gasteiger partial charge in [0.1, 0.15) is 52.6 Å². The van der Waals surface area contributed by atoms with Crippen LogP contribution in [0.25, 0.3) is 0 Å². The van der Waals surface area contributed by atoms with Crippen molar-refractivity contribution < 1.29 is 28.1 Å². The summed E-state index contributed by atoms with van der Waals surface area (Å²) in [5.41, 5.74) is 9.04. The van der Waals surface area contributed by atoms with Gasteiger partial charge in [-0.25, -0.2) is 9.18 Å². The zero-order valence-electron chi connectivity index (χ0n) is 21.6. The topological polar surface area (TPSA) is 104 Å². The molecule has 0 saturated carbocycles. The standard InChI is InChI=1S/C32H25FN2O5/c1-2-37-28-6-4-3-5-26(28)32(36)39-24-15-16-25-29(17-24)40-31(35)27(18-34)30(25)21-9-13-23(14-10-21)38-19-20-7-11-22(33)12-8-20/h3-17,30H,2,19,35H2,1H3. The smallest absolute Gasteiger partial charge is 0.347 e. The van der Waals surface area contributed by atoms with Crippen molar-refractivity contribution >= 4 is 5.97 Å². The summed E-state index contributed by atoms with van der Waals surface area (Å²) >= 11 is 0. The summed E-state index contributed by atoms with van der Waals surface area (Å²) < 4.78 is 35.9. The third-order valence-corrected chi connectivity index (χ3v) is 6.34. The number of ether oxygens (including phenoxy) is 4. The number of fused-ring (bicyclic) bond motifs is 1. The van der Waals surface area contributed by atoms with Crippen molar-refractivity contribution in [1.82, 2.24) is 0 Å². The van der Waals surface area contributed by atoms with Gasteiger partial charge in [0, 0.05) is 11.6 Å². The number of para-hydroxylation sites is 1. The number of nitrogens with two attached hydrogens (primary N) is 1. The molecule has 1 heterocycles. The Labute approximate surface area is 230 Å². The molecule has 0 radical (unpaired) electrons. The molecular formula is C32H25FN2O5. The van der Waals surface area contributed by atoms with E-state index in [1.54, 1.807) is 66.7 Å². The van der Waals surface area contributed by atoms with Crippen molar-refractivity contribution in [1.29, 1.82) is 5.26 Å². The predicted molar refractivity (Wildman–Crippen MR) is 145 cm³/mol. The van der Waals surface area contributed by atoms with Gasteiger partial charge in [-0.3, -0.25) is 0 Å². The molecule has 200 valence electrons. The maximum atomic E-state index is 13.1. The van der Waals surface area contributed by atoms with Crippen molar-refractivity contribution in [2.24, 2.45) is 5.73 Å². The van der Waals surface area contributed by atoms with Crippen LogP contribution in [0.2, 0.25) is 0 Å². The number of allylic oxidation sites excluding steroid dienone is 1. The summed E-state index contributed by atoms with van der Waals surface area (Å²) in [4.78, 5) is 12.9. The fourth-order valence-electron chi connectivity index (χ4n) is 4.42. The van der Waals surface area contributed by atoms with E-state index in [2.05, 4.69) is 6.07 Å². The summed E-state index contributed by atoms with van der Waals surface area (Å²) in [7, 11) is 0. The van der Waals surface area contributed by atoms with Crippen LogP contribution >= 0.6 is 0 Å². The summed E-state index contributed by atoms with van der Waals surface area (Å²) in [6, 6.07) is 27.4. The summed E-state index contributed by atoms with van der Waals surface area (Å²) in [5, 5.41) is 9.87. The molecule has 0 bridgehead atoms. The fraction of sp³-hybridized carbons (Fsp3) is 0.125. The van der Waals surface area contributed by atoms with Gasteiger partial charge < -0.3 is 24.7 Å². The van der Waals surface area contributed by atoms with E-state index >= 15 is 0 Å². The van der Waals surface area contributed by atoms with E-state index in [-0.39, 0.29) is 29.6 Å². The number of hydrogen-bond acceptors (Lipinski definition) is 7. The van der Waals surface area contributed by atoms with Crippen LogP contribution in [-0.2, 0) is 6.61 Å². The number of carbonyl (C=O) groups excluding carboxylic acids is 1. The molecule has 1 aliphatic heterocycles. The summed E-state index contributed by atoms with van der Waals surface area (Å²) in [6.07, 6.45) is 0. The number of nitriles is 1. The van der Waals surface area contributed by atoms with Gasteiger partial charge in [0.25, 0.3) is 0 Å². The fourth-order valence-corrected chi connectivity index (χ4v) is 4.42. The summed E-state index contributed by atoms with van der Waals surface area (Å²) in [6.45, 7) is 2.53. The molecule has 0 fully saturated rings. The lowest BCUT2D eigenvalue weighted by atomic mass is 9.83. The van der Waals surface area contributed by atoms with E-state index < -0.39 is 11.9 Å². The number of nitrogens with zero attached hydrogens (tertiary/aromatic N) is 1. The minimum absolute atomic E-state index is 0.0261. The lowest BCUT2D eigenvalue weighted by Crippen LogP contribution is -2.21. The van der Waals surface area contributed by atoms with Gasteiger partial charge in [-0.05, 0) is 60.5 Å². The number of carbonyl (C=O) groups is 1. The molecule has 1 aliphatic rings. The molecule has 40 heavy (non-hydrogen) atoms. The molecule has 0 amide bonds. The zero-order chi connectivity index (χ0) is 28.1. The van der Waals surface area contributed by atoms with Crippen molar-refractivity contribution in [2.45, 2.75) is 19.4 Å². The maximum Gasteiger partial charge on any atom is 0.347 e. The molecule has 1 atom stereocenters. The Kier molecular flexibility index (Phi) is 7.65. The minimum atomic E-state index is -0.575. The molecule has 0 saturated heterocycles. The molecule has 0 spiro atoms. The third kappa shape index (κ3) is 5.59. The van der Waals surface area contributed by atoms with Crippen molar-refractivity contribution in [3.05, 3.63) is 131 Å². The van der Waals surface area contributed by atoms with Gasteiger partial charge in [0.15, 0.2) is 0 Å². The molecule has 1 unspecified atom stereocenters. The third-order valence-electron chi connectivity index (χ3n) is 6.34. The highest BCUT2D eigenvalue weighted by Gasteiger charge is 2.31. The Bertz CT molecular complexity index is 1610. The van der Waals surface area contributed by atoms with Crippen LogP contribution in [-0.4, -0.2) is 12.6 Å². The van der Waals surface area contributed by atoms with E-state index in [9.17, 15) is 14.4 Å². The molecule has 4 aromatic carbocycles. The molecule has 2 N–H and O–H groups in total. The van der Waals surface area contributed by atoms with E-state index in [1.165, 1.54) is 12.1 Å². The maximum absolute atomic E-state index is 13.1. The van der Waals surface area contributed by atoms with Crippen LogP contribution in [0.5, 0.6) is 23.0 Å². The normalized spacial score (nSPS) is 14.0. The quantitative estimate of drug-likeness (QED) is 0.210. The first-order chi connectivity index (χ1) is 19.5. The van der Waals surface area contributed by atoms with Crippen LogP contribution in [0.1, 0.15) is 39.9 Å². The molecular weight excluding hydrogens is 511 g/mol. The molecule has 8 heteroatoms. The SMILES string of the molecule is CCOc1ccccc1C(=O)Oc1ccc2c(c1)OC(N)=C(C#N)C2c1ccc(OCc2ccc(F)cc2)cc1. The average molecular weight is 537 g/mol. The van der Waals surface area contributed by atoms with Crippen molar-refractivity contribution in [3.8, 4) is 29.1 Å². The lowest BCUT2D eigenvalue weighted by molar-refractivity contribution is 0.0730. The van der Waals surface area contributed by atoms with E-state index in [0.29, 0.717) is 35.0 Å². The van der Waals surface area contributed by atoms with Gasteiger partial charge >= 0.3 is 5.97 Å². The predicted octanol–water partition coefficient (Wildman–Crippen LogP) is 6.24. The van der Waals surface area contributed by atoms with Crippen LogP contribution in [0.3, 0.4) is 0 Å². The zero-order valence-corrected chi connectivity index (χ0v) is 21.6. The Morgan fingerprint density at radius 1 is 0.975 bits per heavy atom. The van der Waals surface area contributed by atoms with E-state index in [1.807, 2.05) is 19.1 Å². The molecule has 5 rings (SSSR count). The van der Waals surface area contributed by atoms with E-state index in [0.717, 1.165) is 11.1 Å². The Balaban J connectivity index is 1.37. The molecule has 0 aliphatic carbocycles. The largest absolute Gasteiger partial charge is 0.493 e. The minimum Gasteiger partial charge on any atom is -0.493 e. The van der Waals surface area contributed by atoms with Gasteiger partial charge in [-0.1, -0.05) is 42.5 Å². The van der Waals surface area contributed by atoms with Gasteiger partial charge in [0.2, 0.25) is 5.88 Å². The highest BCUT2D eigenvalue weighted by molar-refractivity contribution is 5.94. The highest BCUT2D eigenvalue weighted by Crippen LogP contribution is 2.43. The first-order valence-electron chi connectivity index (χ1n) is 12.6. The Hall–Kier alpha value is -5.29. The number of halogens is 1. The second-order valence-electron chi connectivity index (χ2n) is 8.93. The van der Waals surface area contributed by atoms with Gasteiger partial charge in [-0.2, -0.15) is 5.26 Å². The first-order valence-corrected chi connectivity index (χ1v) is 12.6. The number of benzene rings is 4. The highest BCUT2D eigenvalue weighted by atomic mass is 19.1. The number of hydrogen-bond donors (Lipinski definition) is 1. The summed E-state index contributed by atoms with van der Waals surface area (Å²) in [5.74, 6) is 0.278. The van der Waals surface area contributed by atoms with Crippen LogP contribution < -0.4 is 24.7 Å². The van der Waals surface area contributed by atoms with Crippen molar-refractivity contribution in [3.63, 3.8) is 0 Å². The Morgan fingerprint density at radius 2 is 1.70 bits per heavy atom. The van der Waals surface area contributed by atoms with Gasteiger partial charge in [0.05, 0.1) is 12.5 Å². The van der Waals surface area contributed by atoms with Crippen LogP contribution in [0.4, 0.5) is 4.39 Å². The van der Waals surface area contributed by atoms with Crippen LogP contribution in [0.15, 0.2) is 102 Å². The number of esters is 1. The average Bonchev–Trinajstić information content (AvgIpc) is 2.97. The van der Waals surface area contributed by atoms with E-state index in [4.69, 9.17) is 24.7 Å². The Morgan fingerprint density at radius 3 is 2.42 bits per heavy atom. The number of rotatable bonds is 8. The first kappa shape index (κ1) is 26.3.